The third-order valence-corrected chi connectivity index (χ3v) is 5.52. The average Bonchev–Trinajstić information content (AvgIpc) is 2.92. The van der Waals surface area contributed by atoms with Crippen LogP contribution in [0.25, 0.3) is 0 Å². The third kappa shape index (κ3) is 3.55. The van der Waals surface area contributed by atoms with Gasteiger partial charge in [0.2, 0.25) is 0 Å². The van der Waals surface area contributed by atoms with Crippen molar-refractivity contribution in [1.29, 1.82) is 0 Å². The first-order valence-corrected chi connectivity index (χ1v) is 8.50. The van der Waals surface area contributed by atoms with Crippen LogP contribution in [0, 0.1) is 0 Å². The van der Waals surface area contributed by atoms with Crippen molar-refractivity contribution in [2.75, 3.05) is 39.3 Å². The van der Waals surface area contributed by atoms with Gasteiger partial charge in [-0.15, -0.1) is 0 Å². The van der Waals surface area contributed by atoms with Gasteiger partial charge < -0.3 is 5.32 Å². The molecule has 5 heteroatoms. The first-order valence-electron chi connectivity index (χ1n) is 7.33. The van der Waals surface area contributed by atoms with Crippen LogP contribution in [0.3, 0.4) is 0 Å². The van der Waals surface area contributed by atoms with Gasteiger partial charge in [0.25, 0.3) is 0 Å². The van der Waals surface area contributed by atoms with E-state index < -0.39 is 0 Å². The lowest BCUT2D eigenvalue weighted by atomic mass is 10.2. The van der Waals surface area contributed by atoms with Crippen molar-refractivity contribution < 1.29 is 0 Å². The molecule has 2 aliphatic rings. The minimum atomic E-state index is 0.743. The van der Waals surface area contributed by atoms with Gasteiger partial charge in [-0.25, -0.2) is 0 Å². The molecule has 0 aromatic heterocycles. The average molecular weight is 359 g/mol. The molecule has 20 heavy (non-hydrogen) atoms. The zero-order chi connectivity index (χ0) is 13.9. The molecule has 1 atom stereocenters. The molecule has 3 nitrogen and oxygen atoms in total. The van der Waals surface area contributed by atoms with Crippen LogP contribution >= 0.6 is 27.5 Å². The van der Waals surface area contributed by atoms with E-state index in [0.717, 1.165) is 35.2 Å². The summed E-state index contributed by atoms with van der Waals surface area (Å²) in [6.45, 7) is 8.10. The molecule has 1 N–H and O–H groups in total. The minimum Gasteiger partial charge on any atom is -0.314 e. The third-order valence-electron chi connectivity index (χ3n) is 4.31. The Bertz CT molecular complexity index is 462. The maximum absolute atomic E-state index is 6.05. The first kappa shape index (κ1) is 14.8. The summed E-state index contributed by atoms with van der Waals surface area (Å²) in [6.07, 6.45) is 1.30. The molecule has 1 aromatic carbocycles. The SMILES string of the molecule is Clc1ccc(CN2CCC(N3CCNCC3)C2)cc1Br. The molecule has 110 valence electrons. The molecule has 0 aliphatic carbocycles. The molecule has 0 saturated carbocycles. The Morgan fingerprint density at radius 1 is 1.25 bits per heavy atom. The van der Waals surface area contributed by atoms with Crippen molar-refractivity contribution in [2.45, 2.75) is 19.0 Å². The number of hydrogen-bond donors (Lipinski definition) is 1. The molecule has 2 fully saturated rings. The minimum absolute atomic E-state index is 0.743. The molecule has 1 unspecified atom stereocenters. The number of nitrogens with zero attached hydrogens (tertiary/aromatic N) is 2. The molecule has 0 radical (unpaired) electrons. The Hall–Kier alpha value is -0.130. The van der Waals surface area contributed by atoms with Gasteiger partial charge in [-0.1, -0.05) is 17.7 Å². The zero-order valence-corrected chi connectivity index (χ0v) is 14.0. The predicted molar refractivity (Wildman–Crippen MR) is 87.3 cm³/mol. The Kier molecular flexibility index (Phi) is 5.00. The molecular weight excluding hydrogens is 338 g/mol. The Balaban J connectivity index is 1.55. The van der Waals surface area contributed by atoms with Gasteiger partial charge in [-0.3, -0.25) is 9.80 Å². The van der Waals surface area contributed by atoms with Crippen molar-refractivity contribution in [3.63, 3.8) is 0 Å². The number of rotatable bonds is 3. The van der Waals surface area contributed by atoms with E-state index in [2.05, 4.69) is 43.2 Å². The van der Waals surface area contributed by atoms with Crippen LogP contribution in [0.2, 0.25) is 5.02 Å². The molecule has 2 heterocycles. The molecule has 2 aliphatic heterocycles. The van der Waals surface area contributed by atoms with Gasteiger partial charge >= 0.3 is 0 Å². The lowest BCUT2D eigenvalue weighted by molar-refractivity contribution is 0.170. The highest BCUT2D eigenvalue weighted by Crippen LogP contribution is 2.25. The number of piperazine rings is 1. The lowest BCUT2D eigenvalue weighted by Gasteiger charge is -2.32. The molecule has 2 saturated heterocycles. The highest BCUT2D eigenvalue weighted by molar-refractivity contribution is 9.10. The number of likely N-dealkylation sites (tertiary alicyclic amines) is 1. The molecule has 3 rings (SSSR count). The summed E-state index contributed by atoms with van der Waals surface area (Å²) in [7, 11) is 0. The number of benzene rings is 1. The Morgan fingerprint density at radius 3 is 2.80 bits per heavy atom. The van der Waals surface area contributed by atoms with E-state index in [9.17, 15) is 0 Å². The summed E-state index contributed by atoms with van der Waals surface area (Å²) in [4.78, 5) is 5.21. The molecule has 0 bridgehead atoms. The van der Waals surface area contributed by atoms with Crippen molar-refractivity contribution in [3.8, 4) is 0 Å². The molecule has 0 amide bonds. The number of nitrogens with one attached hydrogen (secondary N) is 1. The second-order valence-corrected chi connectivity index (χ2v) is 6.97. The number of halogens is 2. The van der Waals surface area contributed by atoms with Crippen LogP contribution in [0.5, 0.6) is 0 Å². The van der Waals surface area contributed by atoms with Crippen LogP contribution < -0.4 is 5.32 Å². The van der Waals surface area contributed by atoms with Crippen LogP contribution in [-0.4, -0.2) is 55.1 Å². The van der Waals surface area contributed by atoms with Crippen LogP contribution in [0.4, 0.5) is 0 Å². The van der Waals surface area contributed by atoms with Crippen molar-refractivity contribution in [2.24, 2.45) is 0 Å². The summed E-state index contributed by atoms with van der Waals surface area (Å²) >= 11 is 9.55. The highest BCUT2D eigenvalue weighted by atomic mass is 79.9. The van der Waals surface area contributed by atoms with Gasteiger partial charge in [-0.2, -0.15) is 0 Å². The summed E-state index contributed by atoms with van der Waals surface area (Å²) in [5.74, 6) is 0. The van der Waals surface area contributed by atoms with Crippen molar-refractivity contribution in [1.82, 2.24) is 15.1 Å². The summed E-state index contributed by atoms with van der Waals surface area (Å²) < 4.78 is 0.995. The maximum atomic E-state index is 6.05. The van der Waals surface area contributed by atoms with Crippen LogP contribution in [0.1, 0.15) is 12.0 Å². The van der Waals surface area contributed by atoms with E-state index in [-0.39, 0.29) is 0 Å². The monoisotopic (exact) mass is 357 g/mol. The van der Waals surface area contributed by atoms with Gasteiger partial charge in [0.15, 0.2) is 0 Å². The fraction of sp³-hybridized carbons (Fsp3) is 0.600. The molecule has 0 spiro atoms. The lowest BCUT2D eigenvalue weighted by Crippen LogP contribution is -2.49. The standard InChI is InChI=1S/C15H21BrClN3/c16-14-9-12(1-2-15(14)17)10-19-6-3-13(11-19)20-7-4-18-5-8-20/h1-2,9,13,18H,3-8,10-11H2. The fourth-order valence-electron chi connectivity index (χ4n) is 3.20. The van der Waals surface area contributed by atoms with Gasteiger partial charge in [0.05, 0.1) is 5.02 Å². The van der Waals surface area contributed by atoms with E-state index in [0.29, 0.717) is 0 Å². The van der Waals surface area contributed by atoms with Crippen LogP contribution in [0.15, 0.2) is 22.7 Å². The Labute approximate surface area is 134 Å². The highest BCUT2D eigenvalue weighted by Gasteiger charge is 2.28. The van der Waals surface area contributed by atoms with Gasteiger partial charge in [0.1, 0.15) is 0 Å². The fourth-order valence-corrected chi connectivity index (χ4v) is 3.74. The smallest absolute Gasteiger partial charge is 0.0548 e. The summed E-state index contributed by atoms with van der Waals surface area (Å²) in [6, 6.07) is 6.99. The Morgan fingerprint density at radius 2 is 2.05 bits per heavy atom. The van der Waals surface area contributed by atoms with Crippen LogP contribution in [-0.2, 0) is 6.54 Å². The first-order chi connectivity index (χ1) is 9.72. The van der Waals surface area contributed by atoms with Gasteiger partial charge in [0, 0.05) is 56.3 Å². The van der Waals surface area contributed by atoms with Gasteiger partial charge in [-0.05, 0) is 40.0 Å². The van der Waals surface area contributed by atoms with Crippen molar-refractivity contribution in [3.05, 3.63) is 33.3 Å². The van der Waals surface area contributed by atoms with E-state index >= 15 is 0 Å². The number of hydrogen-bond acceptors (Lipinski definition) is 3. The topological polar surface area (TPSA) is 18.5 Å². The quantitative estimate of drug-likeness (QED) is 0.896. The van der Waals surface area contributed by atoms with E-state index in [1.165, 1.54) is 38.2 Å². The van der Waals surface area contributed by atoms with E-state index in [4.69, 9.17) is 11.6 Å². The predicted octanol–water partition coefficient (Wildman–Crippen LogP) is 2.58. The van der Waals surface area contributed by atoms with E-state index in [1.807, 2.05) is 6.07 Å². The van der Waals surface area contributed by atoms with E-state index in [1.54, 1.807) is 0 Å². The summed E-state index contributed by atoms with van der Waals surface area (Å²) in [5.41, 5.74) is 1.34. The zero-order valence-electron chi connectivity index (χ0n) is 11.6. The molecular formula is C15H21BrClN3. The normalized spacial score (nSPS) is 25.2. The molecule has 1 aromatic rings. The largest absolute Gasteiger partial charge is 0.314 e. The van der Waals surface area contributed by atoms with Crippen molar-refractivity contribution >= 4 is 27.5 Å². The maximum Gasteiger partial charge on any atom is 0.0548 e. The second kappa shape index (κ2) is 6.75. The summed E-state index contributed by atoms with van der Waals surface area (Å²) in [5, 5.41) is 4.21. The second-order valence-electron chi connectivity index (χ2n) is 5.71.